The van der Waals surface area contributed by atoms with Gasteiger partial charge in [-0.05, 0) is 56.0 Å². The van der Waals surface area contributed by atoms with Crippen LogP contribution in [0.5, 0.6) is 23.0 Å². The zero-order chi connectivity index (χ0) is 24.2. The summed E-state index contributed by atoms with van der Waals surface area (Å²) in [5.74, 6) is 3.86. The summed E-state index contributed by atoms with van der Waals surface area (Å²) in [5.41, 5.74) is 3.94. The van der Waals surface area contributed by atoms with Gasteiger partial charge in [-0.1, -0.05) is 57.4 Å². The number of hydrogen-bond acceptors (Lipinski definition) is 4. The Hall–Kier alpha value is -2.88. The lowest BCUT2D eigenvalue weighted by molar-refractivity contribution is 0.232. The van der Waals surface area contributed by atoms with E-state index in [9.17, 15) is 0 Å². The molecule has 2 aromatic rings. The van der Waals surface area contributed by atoms with E-state index in [1.54, 1.807) is 21.3 Å². The van der Waals surface area contributed by atoms with E-state index >= 15 is 0 Å². The molecule has 0 aliphatic rings. The molecule has 0 amide bonds. The molecular weight excluding hydrogens is 412 g/mol. The zero-order valence-electron chi connectivity index (χ0n) is 21.4. The first-order valence-corrected chi connectivity index (χ1v) is 11.9. The summed E-state index contributed by atoms with van der Waals surface area (Å²) in [6.45, 7) is 9.22. The summed E-state index contributed by atoms with van der Waals surface area (Å²) in [5, 5.41) is 0. The largest absolute Gasteiger partial charge is 0.496 e. The molecule has 1 atom stereocenters. The minimum atomic E-state index is 0.563. The highest BCUT2D eigenvalue weighted by molar-refractivity contribution is 5.78. The van der Waals surface area contributed by atoms with Crippen molar-refractivity contribution in [1.29, 1.82) is 0 Å². The Kier molecular flexibility index (Phi) is 10.9. The third-order valence-corrected chi connectivity index (χ3v) is 5.92. The molecular formula is C29H40O4. The maximum atomic E-state index is 6.34. The molecule has 0 bridgehead atoms. The Morgan fingerprint density at radius 1 is 0.758 bits per heavy atom. The lowest BCUT2D eigenvalue weighted by atomic mass is 10.0. The first-order chi connectivity index (χ1) is 16.0. The highest BCUT2D eigenvalue weighted by atomic mass is 16.5. The summed E-state index contributed by atoms with van der Waals surface area (Å²) < 4.78 is 23.2. The number of ether oxygens (including phenoxy) is 4. The van der Waals surface area contributed by atoms with Crippen molar-refractivity contribution in [3.05, 3.63) is 52.6 Å². The molecule has 0 saturated carbocycles. The molecule has 4 nitrogen and oxygen atoms in total. The quantitative estimate of drug-likeness (QED) is 0.290. The molecule has 2 rings (SSSR count). The van der Waals surface area contributed by atoms with Gasteiger partial charge in [0.1, 0.15) is 23.0 Å². The Balaban J connectivity index is 2.40. The fourth-order valence-electron chi connectivity index (χ4n) is 3.82. The highest BCUT2D eigenvalue weighted by Gasteiger charge is 2.12. The number of rotatable bonds is 13. The lowest BCUT2D eigenvalue weighted by Crippen LogP contribution is -2.12. The van der Waals surface area contributed by atoms with Crippen molar-refractivity contribution in [3.63, 3.8) is 0 Å². The van der Waals surface area contributed by atoms with Gasteiger partial charge in [0, 0.05) is 16.7 Å². The van der Waals surface area contributed by atoms with E-state index < -0.39 is 0 Å². The third-order valence-electron chi connectivity index (χ3n) is 5.92. The molecule has 2 aromatic carbocycles. The second-order valence-corrected chi connectivity index (χ2v) is 8.26. The molecule has 180 valence electrons. The monoisotopic (exact) mass is 452 g/mol. The Labute approximate surface area is 200 Å². The maximum Gasteiger partial charge on any atom is 0.127 e. The van der Waals surface area contributed by atoms with Crippen LogP contribution in [0, 0.1) is 12.8 Å². The fourth-order valence-corrected chi connectivity index (χ4v) is 3.82. The van der Waals surface area contributed by atoms with Crippen molar-refractivity contribution in [3.8, 4) is 23.0 Å². The number of aryl methyl sites for hydroxylation is 1. The summed E-state index contributed by atoms with van der Waals surface area (Å²) in [7, 11) is 5.06. The number of unbranched alkanes of at least 4 members (excludes halogenated alkanes) is 1. The van der Waals surface area contributed by atoms with Gasteiger partial charge in [-0.3, -0.25) is 0 Å². The second-order valence-electron chi connectivity index (χ2n) is 8.26. The average molecular weight is 453 g/mol. The maximum absolute atomic E-state index is 6.34. The van der Waals surface area contributed by atoms with E-state index in [1.165, 1.54) is 19.3 Å². The van der Waals surface area contributed by atoms with Gasteiger partial charge in [0.2, 0.25) is 0 Å². The molecule has 0 heterocycles. The Morgan fingerprint density at radius 2 is 1.30 bits per heavy atom. The van der Waals surface area contributed by atoms with Crippen LogP contribution in [-0.4, -0.2) is 27.9 Å². The van der Waals surface area contributed by atoms with E-state index in [4.69, 9.17) is 18.9 Å². The van der Waals surface area contributed by atoms with Crippen molar-refractivity contribution in [2.45, 2.75) is 53.4 Å². The molecule has 0 aliphatic heterocycles. The predicted octanol–water partition coefficient (Wildman–Crippen LogP) is 7.82. The molecule has 33 heavy (non-hydrogen) atoms. The topological polar surface area (TPSA) is 36.9 Å². The Morgan fingerprint density at radius 3 is 1.82 bits per heavy atom. The standard InChI is InChI=1S/C29H40O4/c1-8-11-13-22(10-3)20-33-29-16-21(4)26(30-5)17-25(29)15-14-24-19-27(31-6)23(12-9-2)18-28(24)32-7/h9,12,14-19,22H,8,10-11,13,20H2,1-7H3/b12-9+,15-14+. The molecule has 0 spiro atoms. The van der Waals surface area contributed by atoms with Crippen LogP contribution in [0.1, 0.15) is 68.7 Å². The molecule has 0 aromatic heterocycles. The third kappa shape index (κ3) is 7.31. The van der Waals surface area contributed by atoms with E-state index in [1.807, 2.05) is 50.3 Å². The van der Waals surface area contributed by atoms with Crippen LogP contribution in [0.4, 0.5) is 0 Å². The SMILES string of the molecule is C/C=C/c1cc(OC)c(/C=C/c2cc(OC)c(C)cc2OCC(CC)CCCC)cc1OC. The van der Waals surface area contributed by atoms with Crippen LogP contribution >= 0.6 is 0 Å². The van der Waals surface area contributed by atoms with E-state index in [0.29, 0.717) is 5.92 Å². The van der Waals surface area contributed by atoms with Gasteiger partial charge in [-0.2, -0.15) is 0 Å². The number of benzene rings is 2. The number of methoxy groups -OCH3 is 3. The van der Waals surface area contributed by atoms with Gasteiger partial charge in [-0.15, -0.1) is 0 Å². The van der Waals surface area contributed by atoms with Crippen LogP contribution < -0.4 is 18.9 Å². The molecule has 0 N–H and O–H groups in total. The van der Waals surface area contributed by atoms with Gasteiger partial charge in [0.05, 0.1) is 27.9 Å². The molecule has 4 heteroatoms. The van der Waals surface area contributed by atoms with Crippen molar-refractivity contribution < 1.29 is 18.9 Å². The molecule has 0 aliphatic carbocycles. The predicted molar refractivity (Wildman–Crippen MR) is 140 cm³/mol. The van der Waals surface area contributed by atoms with Crippen molar-refractivity contribution in [1.82, 2.24) is 0 Å². The number of allylic oxidation sites excluding steroid dienone is 1. The van der Waals surface area contributed by atoms with Gasteiger partial charge in [-0.25, -0.2) is 0 Å². The average Bonchev–Trinajstić information content (AvgIpc) is 2.83. The van der Waals surface area contributed by atoms with Crippen LogP contribution in [-0.2, 0) is 0 Å². The van der Waals surface area contributed by atoms with Crippen molar-refractivity contribution >= 4 is 18.2 Å². The number of hydrogen-bond donors (Lipinski definition) is 0. The summed E-state index contributed by atoms with van der Waals surface area (Å²) in [6.07, 6.45) is 12.8. The molecule has 1 unspecified atom stereocenters. The van der Waals surface area contributed by atoms with E-state index in [-0.39, 0.29) is 0 Å². The normalized spacial score (nSPS) is 12.3. The van der Waals surface area contributed by atoms with Crippen molar-refractivity contribution in [2.24, 2.45) is 5.92 Å². The van der Waals surface area contributed by atoms with E-state index in [2.05, 4.69) is 26.0 Å². The van der Waals surface area contributed by atoms with Gasteiger partial charge < -0.3 is 18.9 Å². The summed E-state index contributed by atoms with van der Waals surface area (Å²) in [6, 6.07) is 8.09. The smallest absolute Gasteiger partial charge is 0.127 e. The van der Waals surface area contributed by atoms with Crippen LogP contribution in [0.2, 0.25) is 0 Å². The molecule has 0 fully saturated rings. The van der Waals surface area contributed by atoms with Gasteiger partial charge in [0.25, 0.3) is 0 Å². The van der Waals surface area contributed by atoms with E-state index in [0.717, 1.165) is 58.3 Å². The summed E-state index contributed by atoms with van der Waals surface area (Å²) >= 11 is 0. The van der Waals surface area contributed by atoms with Crippen LogP contribution in [0.3, 0.4) is 0 Å². The zero-order valence-corrected chi connectivity index (χ0v) is 21.4. The van der Waals surface area contributed by atoms with Gasteiger partial charge in [0.15, 0.2) is 0 Å². The first kappa shape index (κ1) is 26.4. The minimum absolute atomic E-state index is 0.563. The van der Waals surface area contributed by atoms with Crippen LogP contribution in [0.25, 0.3) is 18.2 Å². The van der Waals surface area contributed by atoms with Crippen molar-refractivity contribution in [2.75, 3.05) is 27.9 Å². The fraction of sp³-hybridized carbons (Fsp3) is 0.448. The second kappa shape index (κ2) is 13.6. The first-order valence-electron chi connectivity index (χ1n) is 11.9. The molecule has 0 radical (unpaired) electrons. The summed E-state index contributed by atoms with van der Waals surface area (Å²) in [4.78, 5) is 0. The minimum Gasteiger partial charge on any atom is -0.496 e. The Bertz CT molecular complexity index is 943. The lowest BCUT2D eigenvalue weighted by Gasteiger charge is -2.18. The van der Waals surface area contributed by atoms with Gasteiger partial charge >= 0.3 is 0 Å². The highest BCUT2D eigenvalue weighted by Crippen LogP contribution is 2.34. The van der Waals surface area contributed by atoms with Crippen LogP contribution in [0.15, 0.2) is 30.3 Å². The molecule has 0 saturated heterocycles.